The number of unbranched alkanes of at least 4 members (excludes halogenated alkanes) is 2. The zero-order valence-corrected chi connectivity index (χ0v) is 14.5. The average Bonchev–Trinajstić information content (AvgIpc) is 3.11. The molecule has 0 saturated heterocycles. The molecule has 1 heterocycles. The standard InChI is InChI=1S/C20H24N2.ClH/c1-2-3-4-5-16-6-8-17(9-7-16)18-10-12-19(13-11-18)20-21-14-15-22-20;/h6-13H,2-5,14-15H2,1H3,(H,21,22);1H. The predicted molar refractivity (Wildman–Crippen MR) is 102 cm³/mol. The number of rotatable bonds is 6. The first-order valence-electron chi connectivity index (χ1n) is 8.35. The fourth-order valence-electron chi connectivity index (χ4n) is 2.85. The number of amidine groups is 1. The number of benzene rings is 2. The Hall–Kier alpha value is -1.80. The number of nitrogens with one attached hydrogen (secondary N) is 1. The topological polar surface area (TPSA) is 24.4 Å². The first kappa shape index (κ1) is 17.6. The lowest BCUT2D eigenvalue weighted by Crippen LogP contribution is -2.19. The summed E-state index contributed by atoms with van der Waals surface area (Å²) in [5.74, 6) is 1.03. The summed E-state index contributed by atoms with van der Waals surface area (Å²) in [6.45, 7) is 4.09. The summed E-state index contributed by atoms with van der Waals surface area (Å²) in [5.41, 5.74) is 5.17. The highest BCUT2D eigenvalue weighted by molar-refractivity contribution is 6.00. The highest BCUT2D eigenvalue weighted by Gasteiger charge is 2.07. The molecule has 0 atom stereocenters. The van der Waals surface area contributed by atoms with Gasteiger partial charge in [-0.2, -0.15) is 0 Å². The fourth-order valence-corrected chi connectivity index (χ4v) is 2.85. The van der Waals surface area contributed by atoms with Crippen LogP contribution in [-0.4, -0.2) is 18.9 Å². The molecule has 0 saturated carbocycles. The lowest BCUT2D eigenvalue weighted by Gasteiger charge is -2.07. The summed E-state index contributed by atoms with van der Waals surface area (Å²) in [6.07, 6.45) is 5.09. The summed E-state index contributed by atoms with van der Waals surface area (Å²) >= 11 is 0. The number of halogens is 1. The fraction of sp³-hybridized carbons (Fsp3) is 0.350. The van der Waals surface area contributed by atoms with Crippen LogP contribution in [0.1, 0.15) is 37.3 Å². The van der Waals surface area contributed by atoms with E-state index in [2.05, 4.69) is 65.8 Å². The minimum atomic E-state index is 0. The largest absolute Gasteiger partial charge is 0.368 e. The van der Waals surface area contributed by atoms with Crippen LogP contribution in [0.4, 0.5) is 0 Å². The van der Waals surface area contributed by atoms with Crippen LogP contribution in [0.3, 0.4) is 0 Å². The summed E-state index contributed by atoms with van der Waals surface area (Å²) in [6, 6.07) is 17.7. The van der Waals surface area contributed by atoms with Crippen LogP contribution in [0.25, 0.3) is 11.1 Å². The molecule has 2 nitrogen and oxygen atoms in total. The summed E-state index contributed by atoms with van der Waals surface area (Å²) < 4.78 is 0. The predicted octanol–water partition coefficient (Wildman–Crippen LogP) is 4.86. The molecule has 122 valence electrons. The van der Waals surface area contributed by atoms with Gasteiger partial charge < -0.3 is 5.32 Å². The van der Waals surface area contributed by atoms with Gasteiger partial charge in [-0.3, -0.25) is 4.99 Å². The van der Waals surface area contributed by atoms with Crippen molar-refractivity contribution in [1.82, 2.24) is 5.32 Å². The molecule has 2 aromatic rings. The Kier molecular flexibility index (Phi) is 6.66. The summed E-state index contributed by atoms with van der Waals surface area (Å²) in [7, 11) is 0. The maximum absolute atomic E-state index is 4.46. The van der Waals surface area contributed by atoms with E-state index in [0.29, 0.717) is 0 Å². The van der Waals surface area contributed by atoms with Crippen molar-refractivity contribution in [2.75, 3.05) is 13.1 Å². The van der Waals surface area contributed by atoms with E-state index in [4.69, 9.17) is 0 Å². The van der Waals surface area contributed by atoms with Gasteiger partial charge in [-0.15, -0.1) is 12.4 Å². The molecule has 0 radical (unpaired) electrons. The van der Waals surface area contributed by atoms with Crippen molar-refractivity contribution in [3.05, 3.63) is 59.7 Å². The van der Waals surface area contributed by atoms with Crippen LogP contribution in [0.2, 0.25) is 0 Å². The van der Waals surface area contributed by atoms with E-state index in [1.165, 1.54) is 47.9 Å². The van der Waals surface area contributed by atoms with Crippen LogP contribution in [0.15, 0.2) is 53.5 Å². The van der Waals surface area contributed by atoms with E-state index >= 15 is 0 Å². The summed E-state index contributed by atoms with van der Waals surface area (Å²) in [4.78, 5) is 4.46. The monoisotopic (exact) mass is 328 g/mol. The minimum Gasteiger partial charge on any atom is -0.368 e. The molecule has 23 heavy (non-hydrogen) atoms. The van der Waals surface area contributed by atoms with Gasteiger partial charge in [0.25, 0.3) is 0 Å². The Morgan fingerprint density at radius 2 is 1.48 bits per heavy atom. The first-order chi connectivity index (χ1) is 10.9. The van der Waals surface area contributed by atoms with Crippen LogP contribution >= 0.6 is 12.4 Å². The zero-order chi connectivity index (χ0) is 15.2. The Morgan fingerprint density at radius 3 is 2.04 bits per heavy atom. The van der Waals surface area contributed by atoms with Crippen molar-refractivity contribution in [2.45, 2.75) is 32.6 Å². The van der Waals surface area contributed by atoms with Gasteiger partial charge in [0.05, 0.1) is 6.54 Å². The van der Waals surface area contributed by atoms with Gasteiger partial charge in [0.1, 0.15) is 5.84 Å². The smallest absolute Gasteiger partial charge is 0.128 e. The lowest BCUT2D eigenvalue weighted by molar-refractivity contribution is 0.717. The number of hydrogen-bond donors (Lipinski definition) is 1. The number of hydrogen-bond acceptors (Lipinski definition) is 2. The molecule has 1 aliphatic heterocycles. The highest BCUT2D eigenvalue weighted by Crippen LogP contribution is 2.21. The Bertz CT molecular complexity index is 630. The van der Waals surface area contributed by atoms with Crippen molar-refractivity contribution < 1.29 is 0 Å². The molecule has 3 heteroatoms. The van der Waals surface area contributed by atoms with Crippen LogP contribution in [0, 0.1) is 0 Å². The van der Waals surface area contributed by atoms with E-state index in [1.807, 2.05) is 0 Å². The van der Waals surface area contributed by atoms with Gasteiger partial charge >= 0.3 is 0 Å². The highest BCUT2D eigenvalue weighted by atomic mass is 35.5. The van der Waals surface area contributed by atoms with Gasteiger partial charge in [-0.1, -0.05) is 68.3 Å². The molecule has 2 aromatic carbocycles. The van der Waals surface area contributed by atoms with Gasteiger partial charge in [-0.05, 0) is 29.5 Å². The molecule has 0 fully saturated rings. The van der Waals surface area contributed by atoms with E-state index < -0.39 is 0 Å². The molecule has 1 aliphatic rings. The Labute approximate surface area is 145 Å². The first-order valence-corrected chi connectivity index (χ1v) is 8.35. The zero-order valence-electron chi connectivity index (χ0n) is 13.7. The average molecular weight is 329 g/mol. The Morgan fingerprint density at radius 1 is 0.870 bits per heavy atom. The third kappa shape index (κ3) is 4.59. The second-order valence-corrected chi connectivity index (χ2v) is 5.89. The van der Waals surface area contributed by atoms with Crippen molar-refractivity contribution in [3.63, 3.8) is 0 Å². The molecule has 0 aromatic heterocycles. The minimum absolute atomic E-state index is 0. The van der Waals surface area contributed by atoms with E-state index in [-0.39, 0.29) is 12.4 Å². The van der Waals surface area contributed by atoms with E-state index in [0.717, 1.165) is 18.9 Å². The van der Waals surface area contributed by atoms with Crippen molar-refractivity contribution in [1.29, 1.82) is 0 Å². The van der Waals surface area contributed by atoms with Crippen molar-refractivity contribution in [3.8, 4) is 11.1 Å². The van der Waals surface area contributed by atoms with E-state index in [1.54, 1.807) is 0 Å². The molecule has 0 amide bonds. The van der Waals surface area contributed by atoms with Crippen LogP contribution in [-0.2, 0) is 6.42 Å². The van der Waals surface area contributed by atoms with Gasteiger partial charge in [0, 0.05) is 12.1 Å². The molecule has 0 spiro atoms. The van der Waals surface area contributed by atoms with Crippen molar-refractivity contribution in [2.24, 2.45) is 4.99 Å². The number of aliphatic imine (C=N–C) groups is 1. The van der Waals surface area contributed by atoms with Gasteiger partial charge in [-0.25, -0.2) is 0 Å². The molecule has 1 N–H and O–H groups in total. The van der Waals surface area contributed by atoms with Crippen molar-refractivity contribution >= 4 is 18.2 Å². The molecule has 3 rings (SSSR count). The Balaban J connectivity index is 0.00000192. The second kappa shape index (κ2) is 8.73. The van der Waals surface area contributed by atoms with E-state index in [9.17, 15) is 0 Å². The third-order valence-electron chi connectivity index (χ3n) is 4.19. The lowest BCUT2D eigenvalue weighted by atomic mass is 10.0. The molecule has 0 aliphatic carbocycles. The third-order valence-corrected chi connectivity index (χ3v) is 4.19. The normalized spacial score (nSPS) is 13.2. The van der Waals surface area contributed by atoms with Gasteiger partial charge in [0.2, 0.25) is 0 Å². The maximum Gasteiger partial charge on any atom is 0.128 e. The van der Waals surface area contributed by atoms with Gasteiger partial charge in [0.15, 0.2) is 0 Å². The second-order valence-electron chi connectivity index (χ2n) is 5.89. The van der Waals surface area contributed by atoms with Crippen LogP contribution in [0.5, 0.6) is 0 Å². The van der Waals surface area contributed by atoms with Crippen LogP contribution < -0.4 is 5.32 Å². The molecule has 0 bridgehead atoms. The number of nitrogens with zero attached hydrogens (tertiary/aromatic N) is 1. The number of aryl methyl sites for hydroxylation is 1. The maximum atomic E-state index is 4.46. The molecule has 0 unspecified atom stereocenters. The molecular formula is C20H25ClN2. The summed E-state index contributed by atoms with van der Waals surface area (Å²) in [5, 5.41) is 3.31. The molecular weight excluding hydrogens is 304 g/mol. The quantitative estimate of drug-likeness (QED) is 0.752. The SMILES string of the molecule is CCCCCc1ccc(-c2ccc(C3=NCCN3)cc2)cc1.Cl.